The van der Waals surface area contributed by atoms with Crippen LogP contribution in [0.1, 0.15) is 25.0 Å². The fourth-order valence-electron chi connectivity index (χ4n) is 1.95. The third-order valence-corrected chi connectivity index (χ3v) is 3.91. The van der Waals surface area contributed by atoms with Crippen LogP contribution in [0.25, 0.3) is 0 Å². The molecule has 0 bridgehead atoms. The van der Waals surface area contributed by atoms with Crippen molar-refractivity contribution in [3.8, 4) is 0 Å². The van der Waals surface area contributed by atoms with Crippen LogP contribution in [0, 0.1) is 11.8 Å². The molecule has 1 aliphatic rings. The van der Waals surface area contributed by atoms with Gasteiger partial charge in [0.05, 0.1) is 6.10 Å². The van der Waals surface area contributed by atoms with E-state index in [1.807, 2.05) is 6.92 Å². The highest BCUT2D eigenvalue weighted by atomic mass is 35.5. The Bertz CT molecular complexity index is 444. The van der Waals surface area contributed by atoms with Gasteiger partial charge < -0.3 is 10.4 Å². The first-order valence-corrected chi connectivity index (χ1v) is 6.66. The summed E-state index contributed by atoms with van der Waals surface area (Å²) in [6, 6.07) is 5.04. The first kappa shape index (κ1) is 13.7. The monoisotopic (exact) mass is 287 g/mol. The summed E-state index contributed by atoms with van der Waals surface area (Å²) in [5.41, 5.74) is 0.463. The molecule has 98 valence electrons. The van der Waals surface area contributed by atoms with Crippen LogP contribution < -0.4 is 5.32 Å². The molecule has 1 aromatic rings. The van der Waals surface area contributed by atoms with Crippen molar-refractivity contribution >= 4 is 29.1 Å². The molecule has 1 aromatic carbocycles. The maximum atomic E-state index is 11.6. The lowest BCUT2D eigenvalue weighted by molar-refractivity contribution is -0.123. The van der Waals surface area contributed by atoms with Gasteiger partial charge in [0.1, 0.15) is 0 Å². The van der Waals surface area contributed by atoms with Crippen LogP contribution in [0.4, 0.5) is 0 Å². The molecule has 1 amide bonds. The highest BCUT2D eigenvalue weighted by molar-refractivity contribution is 6.36. The smallest absolute Gasteiger partial charge is 0.223 e. The zero-order chi connectivity index (χ0) is 13.3. The number of carbonyl (C=O) groups excluding carboxylic acids is 1. The normalized spacial score (nSPS) is 23.6. The van der Waals surface area contributed by atoms with Crippen LogP contribution >= 0.6 is 23.2 Å². The number of hydrogen-bond acceptors (Lipinski definition) is 2. The molecule has 2 N–H and O–H groups in total. The van der Waals surface area contributed by atoms with Gasteiger partial charge in [0.25, 0.3) is 0 Å². The average molecular weight is 288 g/mol. The first-order valence-electron chi connectivity index (χ1n) is 5.90. The fraction of sp³-hybridized carbons (Fsp3) is 0.462. The van der Waals surface area contributed by atoms with Gasteiger partial charge in [0.2, 0.25) is 5.91 Å². The maximum Gasteiger partial charge on any atom is 0.223 e. The largest absolute Gasteiger partial charge is 0.386 e. The van der Waals surface area contributed by atoms with Gasteiger partial charge >= 0.3 is 0 Å². The van der Waals surface area contributed by atoms with Crippen molar-refractivity contribution in [2.75, 3.05) is 6.54 Å². The van der Waals surface area contributed by atoms with E-state index in [2.05, 4.69) is 5.32 Å². The zero-order valence-corrected chi connectivity index (χ0v) is 11.5. The second-order valence-corrected chi connectivity index (χ2v) is 5.53. The van der Waals surface area contributed by atoms with Crippen molar-refractivity contribution in [2.45, 2.75) is 19.4 Å². The van der Waals surface area contributed by atoms with E-state index in [1.165, 1.54) is 0 Å². The average Bonchev–Trinajstić information content (AvgIpc) is 3.03. The number of amides is 1. The minimum absolute atomic E-state index is 0.00951. The molecule has 1 aliphatic carbocycles. The molecular weight excluding hydrogens is 273 g/mol. The van der Waals surface area contributed by atoms with Crippen molar-refractivity contribution in [2.24, 2.45) is 11.8 Å². The predicted octanol–water partition coefficient (Wildman–Crippen LogP) is 2.80. The van der Waals surface area contributed by atoms with Gasteiger partial charge in [0, 0.05) is 28.1 Å². The second kappa shape index (κ2) is 5.47. The molecule has 3 nitrogen and oxygen atoms in total. The molecule has 3 unspecified atom stereocenters. The lowest BCUT2D eigenvalue weighted by atomic mass is 10.1. The van der Waals surface area contributed by atoms with E-state index < -0.39 is 6.10 Å². The van der Waals surface area contributed by atoms with Gasteiger partial charge in [0.15, 0.2) is 0 Å². The van der Waals surface area contributed by atoms with E-state index in [4.69, 9.17) is 23.2 Å². The Balaban J connectivity index is 1.95. The summed E-state index contributed by atoms with van der Waals surface area (Å²) in [6.45, 7) is 2.16. The number of rotatable bonds is 4. The van der Waals surface area contributed by atoms with Crippen LogP contribution in [0.3, 0.4) is 0 Å². The number of halogens is 2. The number of carbonyl (C=O) groups is 1. The molecule has 0 radical (unpaired) electrons. The number of aliphatic hydroxyl groups is 1. The highest BCUT2D eigenvalue weighted by Crippen LogP contribution is 2.37. The van der Waals surface area contributed by atoms with Gasteiger partial charge in [-0.1, -0.05) is 36.2 Å². The molecular formula is C13H15Cl2NO2. The topological polar surface area (TPSA) is 49.3 Å². The van der Waals surface area contributed by atoms with Crippen LogP contribution in [0.2, 0.25) is 10.0 Å². The number of hydrogen-bond donors (Lipinski definition) is 2. The fourth-order valence-corrected chi connectivity index (χ4v) is 2.60. The minimum atomic E-state index is -0.885. The van der Waals surface area contributed by atoms with Gasteiger partial charge in [-0.2, -0.15) is 0 Å². The van der Waals surface area contributed by atoms with Gasteiger partial charge in [-0.05, 0) is 24.5 Å². The Morgan fingerprint density at radius 3 is 2.56 bits per heavy atom. The minimum Gasteiger partial charge on any atom is -0.386 e. The SMILES string of the molecule is CC1CC1C(=O)NCC(O)c1c(Cl)cccc1Cl. The van der Waals surface area contributed by atoms with E-state index in [9.17, 15) is 9.90 Å². The van der Waals surface area contributed by atoms with Gasteiger partial charge in [-0.15, -0.1) is 0 Å². The molecule has 0 aliphatic heterocycles. The van der Waals surface area contributed by atoms with Gasteiger partial charge in [-0.25, -0.2) is 0 Å². The van der Waals surface area contributed by atoms with E-state index in [0.717, 1.165) is 6.42 Å². The Kier molecular flexibility index (Phi) is 4.15. The third-order valence-electron chi connectivity index (χ3n) is 3.25. The van der Waals surface area contributed by atoms with E-state index >= 15 is 0 Å². The van der Waals surface area contributed by atoms with Gasteiger partial charge in [-0.3, -0.25) is 4.79 Å². The van der Waals surface area contributed by atoms with Crippen LogP contribution in [-0.4, -0.2) is 17.6 Å². The van der Waals surface area contributed by atoms with E-state index in [-0.39, 0.29) is 18.4 Å². The molecule has 2 rings (SSSR count). The Morgan fingerprint density at radius 2 is 2.06 bits per heavy atom. The van der Waals surface area contributed by atoms with Crippen molar-refractivity contribution in [1.82, 2.24) is 5.32 Å². The number of aliphatic hydroxyl groups excluding tert-OH is 1. The summed E-state index contributed by atoms with van der Waals surface area (Å²) in [4.78, 5) is 11.6. The summed E-state index contributed by atoms with van der Waals surface area (Å²) < 4.78 is 0. The third kappa shape index (κ3) is 2.97. The molecule has 0 spiro atoms. The number of benzene rings is 1. The van der Waals surface area contributed by atoms with Crippen LogP contribution in [-0.2, 0) is 4.79 Å². The second-order valence-electron chi connectivity index (χ2n) is 4.72. The van der Waals surface area contributed by atoms with Crippen molar-refractivity contribution in [1.29, 1.82) is 0 Å². The lowest BCUT2D eigenvalue weighted by Crippen LogP contribution is -2.30. The molecule has 1 saturated carbocycles. The molecule has 0 aromatic heterocycles. The summed E-state index contributed by atoms with van der Waals surface area (Å²) in [5, 5.41) is 13.6. The Hall–Kier alpha value is -0.770. The summed E-state index contributed by atoms with van der Waals surface area (Å²) in [6.07, 6.45) is 0.0404. The van der Waals surface area contributed by atoms with Crippen molar-refractivity contribution < 1.29 is 9.90 Å². The first-order chi connectivity index (χ1) is 8.50. The highest BCUT2D eigenvalue weighted by Gasteiger charge is 2.39. The molecule has 0 heterocycles. The quantitative estimate of drug-likeness (QED) is 0.895. The van der Waals surface area contributed by atoms with Crippen molar-refractivity contribution in [3.63, 3.8) is 0 Å². The van der Waals surface area contributed by atoms with Crippen molar-refractivity contribution in [3.05, 3.63) is 33.8 Å². The molecule has 18 heavy (non-hydrogen) atoms. The standard InChI is InChI=1S/C13H15Cl2NO2/c1-7-5-8(7)13(18)16-6-11(17)12-9(14)3-2-4-10(12)15/h2-4,7-8,11,17H,5-6H2,1H3,(H,16,18). The summed E-state index contributed by atoms with van der Waals surface area (Å²) in [7, 11) is 0. The Labute approximate surface area is 116 Å². The summed E-state index contributed by atoms with van der Waals surface area (Å²) >= 11 is 12.0. The summed E-state index contributed by atoms with van der Waals surface area (Å²) in [5.74, 6) is 0.537. The zero-order valence-electron chi connectivity index (χ0n) is 9.99. The maximum absolute atomic E-state index is 11.6. The Morgan fingerprint density at radius 1 is 1.50 bits per heavy atom. The molecule has 3 atom stereocenters. The predicted molar refractivity (Wildman–Crippen MR) is 71.7 cm³/mol. The van der Waals surface area contributed by atoms with E-state index in [0.29, 0.717) is 21.5 Å². The molecule has 1 fully saturated rings. The van der Waals surface area contributed by atoms with Crippen LogP contribution in [0.5, 0.6) is 0 Å². The molecule has 5 heteroatoms. The number of nitrogens with one attached hydrogen (secondary N) is 1. The molecule has 0 saturated heterocycles. The van der Waals surface area contributed by atoms with E-state index in [1.54, 1.807) is 18.2 Å². The van der Waals surface area contributed by atoms with Crippen LogP contribution in [0.15, 0.2) is 18.2 Å². The lowest BCUT2D eigenvalue weighted by Gasteiger charge is -2.15.